The van der Waals surface area contributed by atoms with Crippen molar-refractivity contribution < 1.29 is 33.4 Å². The van der Waals surface area contributed by atoms with E-state index in [1.165, 1.54) is 37.5 Å². The third-order valence-electron chi connectivity index (χ3n) is 4.14. The quantitative estimate of drug-likeness (QED) is 0.506. The summed E-state index contributed by atoms with van der Waals surface area (Å²) in [5, 5.41) is 8.36. The smallest absolute Gasteiger partial charge is 0.341 e. The molecule has 162 valence electrons. The molecule has 2 amide bonds. The van der Waals surface area contributed by atoms with Crippen LogP contribution >= 0.6 is 39.3 Å². The zero-order valence-electron chi connectivity index (χ0n) is 15.9. The molecule has 0 radical (unpaired) electrons. The molecule has 0 unspecified atom stereocenters. The van der Waals surface area contributed by atoms with Crippen molar-refractivity contribution in [2.24, 2.45) is 0 Å². The van der Waals surface area contributed by atoms with Gasteiger partial charge < -0.3 is 14.6 Å². The van der Waals surface area contributed by atoms with E-state index in [0.717, 1.165) is 4.90 Å². The molecule has 1 heterocycles. The van der Waals surface area contributed by atoms with Crippen LogP contribution in [-0.4, -0.2) is 40.8 Å². The lowest BCUT2D eigenvalue weighted by Gasteiger charge is -2.14. The van der Waals surface area contributed by atoms with Crippen molar-refractivity contribution in [1.82, 2.24) is 4.90 Å². The average Bonchev–Trinajstić information content (AvgIpc) is 2.96. The van der Waals surface area contributed by atoms with Crippen molar-refractivity contribution in [3.05, 3.63) is 61.7 Å². The monoisotopic (exact) mass is 529 g/mol. The molecule has 31 heavy (non-hydrogen) atoms. The fourth-order valence-corrected chi connectivity index (χ4v) is 4.36. The maximum Gasteiger partial charge on any atom is 0.341 e. The zero-order chi connectivity index (χ0) is 22.7. The maximum atomic E-state index is 14.1. The van der Waals surface area contributed by atoms with Crippen molar-refractivity contribution in [3.8, 4) is 11.5 Å². The van der Waals surface area contributed by atoms with Gasteiger partial charge in [-0.2, -0.15) is 0 Å². The molecular weight excluding hydrogens is 517 g/mol. The Hall–Kier alpha value is -2.56. The van der Waals surface area contributed by atoms with Gasteiger partial charge in [0.1, 0.15) is 5.82 Å². The second-order valence-corrected chi connectivity index (χ2v) is 8.44. The standard InChI is InChI=1S/C20H14BrClFNO6S/c1-29-15-6-10(5-12(21)18(15)30-9-17(25)26)7-16-19(27)24(20(28)31-16)8-11-13(22)3-2-4-14(11)23/h2-7H,8-9H2,1H3,(H,25,26)/b16-7-. The summed E-state index contributed by atoms with van der Waals surface area (Å²) < 4.78 is 24.9. The van der Waals surface area contributed by atoms with Crippen LogP contribution in [0.5, 0.6) is 11.5 Å². The van der Waals surface area contributed by atoms with Gasteiger partial charge in [0.05, 0.1) is 23.0 Å². The summed E-state index contributed by atoms with van der Waals surface area (Å²) in [6.45, 7) is -0.853. The Bertz CT molecular complexity index is 1090. The van der Waals surface area contributed by atoms with Crippen LogP contribution in [0.4, 0.5) is 9.18 Å². The lowest BCUT2D eigenvalue weighted by molar-refractivity contribution is -0.139. The first kappa shape index (κ1) is 23.1. The first-order chi connectivity index (χ1) is 14.7. The number of hydrogen-bond donors (Lipinski definition) is 1. The Morgan fingerprint density at radius 1 is 1.35 bits per heavy atom. The first-order valence-electron chi connectivity index (χ1n) is 8.61. The van der Waals surface area contributed by atoms with Gasteiger partial charge in [-0.05, 0) is 63.6 Å². The van der Waals surface area contributed by atoms with Crippen molar-refractivity contribution in [2.75, 3.05) is 13.7 Å². The number of thioether (sulfide) groups is 1. The summed E-state index contributed by atoms with van der Waals surface area (Å²) in [6, 6.07) is 7.23. The topological polar surface area (TPSA) is 93.1 Å². The van der Waals surface area contributed by atoms with Gasteiger partial charge >= 0.3 is 5.97 Å². The molecule has 1 aliphatic heterocycles. The number of aliphatic carboxylic acids is 1. The average molecular weight is 531 g/mol. The SMILES string of the molecule is COc1cc(/C=C2\SC(=O)N(Cc3c(F)cccc3Cl)C2=O)cc(Br)c1OCC(=O)O. The van der Waals surface area contributed by atoms with E-state index in [-0.39, 0.29) is 33.5 Å². The molecule has 0 bridgehead atoms. The minimum Gasteiger partial charge on any atom is -0.493 e. The predicted octanol–water partition coefficient (Wildman–Crippen LogP) is 4.95. The number of rotatable bonds is 7. The first-order valence-corrected chi connectivity index (χ1v) is 10.6. The zero-order valence-corrected chi connectivity index (χ0v) is 19.0. The van der Waals surface area contributed by atoms with E-state index >= 15 is 0 Å². The highest BCUT2D eigenvalue weighted by atomic mass is 79.9. The van der Waals surface area contributed by atoms with E-state index in [0.29, 0.717) is 21.8 Å². The number of carbonyl (C=O) groups excluding carboxylic acids is 2. The molecule has 0 saturated carbocycles. The molecule has 1 saturated heterocycles. The summed E-state index contributed by atoms with van der Waals surface area (Å²) >= 11 is 10.00. The second-order valence-electron chi connectivity index (χ2n) is 6.18. The molecule has 0 aromatic heterocycles. The van der Waals surface area contributed by atoms with Gasteiger partial charge in [-0.15, -0.1) is 0 Å². The van der Waals surface area contributed by atoms with Crippen LogP contribution < -0.4 is 9.47 Å². The number of methoxy groups -OCH3 is 1. The summed E-state index contributed by atoms with van der Waals surface area (Å²) in [5.41, 5.74) is 0.554. The predicted molar refractivity (Wildman–Crippen MR) is 117 cm³/mol. The minimum absolute atomic E-state index is 0.0528. The van der Waals surface area contributed by atoms with Gasteiger partial charge in [0, 0.05) is 10.6 Å². The highest BCUT2D eigenvalue weighted by Crippen LogP contribution is 2.39. The highest BCUT2D eigenvalue weighted by molar-refractivity contribution is 9.10. The number of carboxylic acid groups (broad SMARTS) is 1. The van der Waals surface area contributed by atoms with Gasteiger partial charge in [0.2, 0.25) is 0 Å². The molecule has 1 aliphatic rings. The van der Waals surface area contributed by atoms with Crippen LogP contribution in [0.15, 0.2) is 39.7 Å². The number of hydrogen-bond acceptors (Lipinski definition) is 6. The Labute approximate surface area is 193 Å². The third-order valence-corrected chi connectivity index (χ3v) is 5.99. The Morgan fingerprint density at radius 2 is 2.10 bits per heavy atom. The van der Waals surface area contributed by atoms with Gasteiger partial charge in [0.15, 0.2) is 18.1 Å². The summed E-state index contributed by atoms with van der Waals surface area (Å²) in [7, 11) is 1.38. The van der Waals surface area contributed by atoms with Crippen LogP contribution in [0.3, 0.4) is 0 Å². The van der Waals surface area contributed by atoms with Crippen molar-refractivity contribution in [3.63, 3.8) is 0 Å². The summed E-state index contributed by atoms with van der Waals surface area (Å²) in [5.74, 6) is -1.93. The van der Waals surface area contributed by atoms with Crippen molar-refractivity contribution in [1.29, 1.82) is 0 Å². The Kier molecular flexibility index (Phi) is 7.24. The minimum atomic E-state index is -1.15. The van der Waals surface area contributed by atoms with Gasteiger partial charge in [-0.1, -0.05) is 17.7 Å². The van der Waals surface area contributed by atoms with Gasteiger partial charge in [0.25, 0.3) is 11.1 Å². The number of ether oxygens (including phenoxy) is 2. The van der Waals surface area contributed by atoms with Crippen LogP contribution in [0.25, 0.3) is 6.08 Å². The number of amides is 2. The van der Waals surface area contributed by atoms with Crippen LogP contribution in [-0.2, 0) is 16.1 Å². The van der Waals surface area contributed by atoms with Crippen LogP contribution in [0.1, 0.15) is 11.1 Å². The molecule has 0 aliphatic carbocycles. The largest absolute Gasteiger partial charge is 0.493 e. The summed E-state index contributed by atoms with van der Waals surface area (Å²) in [6.07, 6.45) is 1.47. The normalized spacial score (nSPS) is 15.0. The number of halogens is 3. The molecule has 2 aromatic carbocycles. The maximum absolute atomic E-state index is 14.1. The Morgan fingerprint density at radius 3 is 2.74 bits per heavy atom. The van der Waals surface area contributed by atoms with Crippen molar-refractivity contribution >= 4 is 62.5 Å². The number of benzene rings is 2. The molecule has 3 rings (SSSR count). The van der Waals surface area contributed by atoms with E-state index in [1.54, 1.807) is 6.07 Å². The third kappa shape index (κ3) is 5.20. The molecule has 7 nitrogen and oxygen atoms in total. The van der Waals surface area contributed by atoms with Gasteiger partial charge in [-0.25, -0.2) is 9.18 Å². The molecule has 2 aromatic rings. The number of carbonyl (C=O) groups is 3. The lowest BCUT2D eigenvalue weighted by Crippen LogP contribution is -2.28. The van der Waals surface area contributed by atoms with E-state index in [2.05, 4.69) is 15.9 Å². The number of imide groups is 1. The molecule has 0 spiro atoms. The lowest BCUT2D eigenvalue weighted by atomic mass is 10.1. The fourth-order valence-electron chi connectivity index (χ4n) is 2.73. The summed E-state index contributed by atoms with van der Waals surface area (Å²) in [4.78, 5) is 36.9. The molecule has 11 heteroatoms. The second kappa shape index (κ2) is 9.71. The number of carboxylic acids is 1. The van der Waals surface area contributed by atoms with Crippen LogP contribution in [0, 0.1) is 5.82 Å². The van der Waals surface area contributed by atoms with Gasteiger partial charge in [-0.3, -0.25) is 14.5 Å². The molecule has 0 atom stereocenters. The van der Waals surface area contributed by atoms with E-state index < -0.39 is 29.5 Å². The van der Waals surface area contributed by atoms with Crippen LogP contribution in [0.2, 0.25) is 5.02 Å². The van der Waals surface area contributed by atoms with E-state index in [9.17, 15) is 18.8 Å². The van der Waals surface area contributed by atoms with Crippen molar-refractivity contribution in [2.45, 2.75) is 6.54 Å². The molecule has 1 fully saturated rings. The fraction of sp³-hybridized carbons (Fsp3) is 0.150. The van der Waals surface area contributed by atoms with E-state index in [1.807, 2.05) is 0 Å². The van der Waals surface area contributed by atoms with E-state index in [4.69, 9.17) is 26.2 Å². The molecule has 1 N–H and O–H groups in total. The Balaban J connectivity index is 1.87. The highest BCUT2D eigenvalue weighted by Gasteiger charge is 2.36. The molecular formula is C20H14BrClFNO6S. The number of nitrogens with zero attached hydrogens (tertiary/aromatic N) is 1.